The first kappa shape index (κ1) is 21.3. The summed E-state index contributed by atoms with van der Waals surface area (Å²) in [6.07, 6.45) is 1.28. The summed E-state index contributed by atoms with van der Waals surface area (Å²) in [7, 11) is 0. The minimum absolute atomic E-state index is 0.0660. The van der Waals surface area contributed by atoms with Crippen LogP contribution in [0.15, 0.2) is 70.1 Å². The van der Waals surface area contributed by atoms with E-state index in [1.165, 1.54) is 6.33 Å². The van der Waals surface area contributed by atoms with Crippen molar-refractivity contribution < 1.29 is 18.7 Å². The summed E-state index contributed by atoms with van der Waals surface area (Å²) in [6.45, 7) is 3.44. The van der Waals surface area contributed by atoms with Gasteiger partial charge in [-0.1, -0.05) is 42.5 Å². The molecular weight excluding hydrogens is 410 g/mol. The van der Waals surface area contributed by atoms with Crippen molar-refractivity contribution in [1.82, 2.24) is 14.5 Å². The second-order valence-electron chi connectivity index (χ2n) is 7.72. The van der Waals surface area contributed by atoms with Crippen LogP contribution in [0.1, 0.15) is 19.4 Å². The first-order chi connectivity index (χ1) is 15.4. The molecule has 0 atom stereocenters. The first-order valence-corrected chi connectivity index (χ1v) is 10.3. The van der Waals surface area contributed by atoms with Gasteiger partial charge in [0.1, 0.15) is 17.6 Å². The second kappa shape index (κ2) is 9.05. The zero-order valence-electron chi connectivity index (χ0n) is 17.9. The van der Waals surface area contributed by atoms with Crippen LogP contribution in [0.2, 0.25) is 0 Å². The number of hydrogen-bond acceptors (Lipinski definition) is 6. The van der Waals surface area contributed by atoms with E-state index in [-0.39, 0.29) is 24.1 Å². The van der Waals surface area contributed by atoms with Gasteiger partial charge in [-0.25, -0.2) is 4.98 Å². The van der Waals surface area contributed by atoms with E-state index in [4.69, 9.17) is 9.15 Å². The summed E-state index contributed by atoms with van der Waals surface area (Å²) >= 11 is 0. The number of esters is 1. The molecule has 0 N–H and O–H groups in total. The number of amides is 1. The molecule has 0 unspecified atom stereocenters. The monoisotopic (exact) mass is 433 g/mol. The Morgan fingerprint density at radius 3 is 2.56 bits per heavy atom. The predicted octanol–water partition coefficient (Wildman–Crippen LogP) is 3.12. The quantitative estimate of drug-likeness (QED) is 0.416. The molecule has 0 radical (unpaired) electrons. The average molecular weight is 433 g/mol. The Bertz CT molecular complexity index is 1320. The van der Waals surface area contributed by atoms with E-state index in [1.807, 2.05) is 56.3 Å². The first-order valence-electron chi connectivity index (χ1n) is 10.3. The molecule has 2 aromatic carbocycles. The second-order valence-corrected chi connectivity index (χ2v) is 7.72. The molecule has 164 valence electrons. The van der Waals surface area contributed by atoms with Gasteiger partial charge in [0.2, 0.25) is 5.58 Å². The summed E-state index contributed by atoms with van der Waals surface area (Å²) in [5, 5.41) is 0.729. The topological polar surface area (TPSA) is 94.6 Å². The van der Waals surface area contributed by atoms with Crippen molar-refractivity contribution in [3.05, 3.63) is 76.8 Å². The highest BCUT2D eigenvalue weighted by Gasteiger charge is 2.20. The van der Waals surface area contributed by atoms with E-state index in [9.17, 15) is 14.4 Å². The fourth-order valence-electron chi connectivity index (χ4n) is 3.48. The molecule has 8 nitrogen and oxygen atoms in total. The van der Waals surface area contributed by atoms with Crippen LogP contribution in [-0.4, -0.2) is 39.0 Å². The van der Waals surface area contributed by atoms with Crippen LogP contribution in [-0.2, 0) is 27.4 Å². The minimum atomic E-state index is -0.707. The van der Waals surface area contributed by atoms with Gasteiger partial charge in [0.25, 0.3) is 11.5 Å². The van der Waals surface area contributed by atoms with E-state index in [0.717, 1.165) is 15.5 Å². The van der Waals surface area contributed by atoms with Crippen LogP contribution in [0.3, 0.4) is 0 Å². The zero-order valence-corrected chi connectivity index (χ0v) is 17.9. The summed E-state index contributed by atoms with van der Waals surface area (Å²) in [5.41, 5.74) is 1.57. The number of carbonyl (C=O) groups excluding carboxylic acids is 2. The van der Waals surface area contributed by atoms with Crippen LogP contribution < -0.4 is 5.56 Å². The van der Waals surface area contributed by atoms with Crippen molar-refractivity contribution in [3.63, 3.8) is 0 Å². The molecule has 0 aliphatic heterocycles. The highest BCUT2D eigenvalue weighted by atomic mass is 16.5. The van der Waals surface area contributed by atoms with Gasteiger partial charge in [0.05, 0.1) is 6.33 Å². The maximum Gasteiger partial charge on any atom is 0.326 e. The number of para-hydroxylation sites is 1. The summed E-state index contributed by atoms with van der Waals surface area (Å²) < 4.78 is 11.9. The lowest BCUT2D eigenvalue weighted by atomic mass is 10.2. The molecule has 1 amide bonds. The van der Waals surface area contributed by atoms with E-state index >= 15 is 0 Å². The van der Waals surface area contributed by atoms with Crippen LogP contribution >= 0.6 is 0 Å². The Labute approximate surface area is 184 Å². The third-order valence-corrected chi connectivity index (χ3v) is 5.15. The summed E-state index contributed by atoms with van der Waals surface area (Å²) in [4.78, 5) is 43.6. The number of furan rings is 1. The third-order valence-electron chi connectivity index (χ3n) is 5.15. The van der Waals surface area contributed by atoms with Gasteiger partial charge in [-0.15, -0.1) is 0 Å². The Kier molecular flexibility index (Phi) is 6.02. The number of benzene rings is 2. The lowest BCUT2D eigenvalue weighted by Gasteiger charge is -2.26. The number of nitrogens with zero attached hydrogens (tertiary/aromatic N) is 3. The summed E-state index contributed by atoms with van der Waals surface area (Å²) in [6, 6.07) is 16.7. The fraction of sp³-hybridized carbons (Fsp3) is 0.250. The number of hydrogen-bond donors (Lipinski definition) is 0. The molecule has 0 bridgehead atoms. The van der Waals surface area contributed by atoms with Crippen molar-refractivity contribution in [1.29, 1.82) is 0 Å². The zero-order chi connectivity index (χ0) is 22.7. The Morgan fingerprint density at radius 2 is 1.81 bits per heavy atom. The van der Waals surface area contributed by atoms with Gasteiger partial charge in [-0.2, -0.15) is 0 Å². The Hall–Kier alpha value is -3.94. The third kappa shape index (κ3) is 4.39. The van der Waals surface area contributed by atoms with Gasteiger partial charge in [-0.3, -0.25) is 19.0 Å². The standard InChI is InChI=1S/C24H23N3O5/c1-16(2)27(12-17-8-4-3-5-9-17)20(28)14-31-21(29)13-26-15-25-22-18-10-6-7-11-19(18)32-23(22)24(26)30/h3-11,15-16H,12-14H2,1-2H3. The SMILES string of the molecule is CC(C)N(Cc1ccccc1)C(=O)COC(=O)Cn1cnc2c(oc3ccccc32)c1=O. The van der Waals surface area contributed by atoms with E-state index < -0.39 is 18.1 Å². The lowest BCUT2D eigenvalue weighted by molar-refractivity contribution is -0.153. The van der Waals surface area contributed by atoms with Gasteiger partial charge < -0.3 is 14.1 Å². The van der Waals surface area contributed by atoms with Crippen LogP contribution in [0.25, 0.3) is 22.1 Å². The van der Waals surface area contributed by atoms with Crippen LogP contribution in [0.5, 0.6) is 0 Å². The number of aromatic nitrogens is 2. The number of rotatable bonds is 7. The lowest BCUT2D eigenvalue weighted by Crippen LogP contribution is -2.39. The van der Waals surface area contributed by atoms with Crippen molar-refractivity contribution in [2.75, 3.05) is 6.61 Å². The van der Waals surface area contributed by atoms with Crippen LogP contribution in [0.4, 0.5) is 0 Å². The Balaban J connectivity index is 1.42. The molecule has 0 saturated heterocycles. The van der Waals surface area contributed by atoms with Gasteiger partial charge in [0.15, 0.2) is 6.61 Å². The average Bonchev–Trinajstić information content (AvgIpc) is 3.18. The maximum atomic E-state index is 12.7. The van der Waals surface area contributed by atoms with Crippen LogP contribution in [0, 0.1) is 0 Å². The molecule has 0 fully saturated rings. The van der Waals surface area contributed by atoms with Gasteiger partial charge in [-0.05, 0) is 31.5 Å². The van der Waals surface area contributed by atoms with Gasteiger partial charge >= 0.3 is 5.97 Å². The molecule has 0 aliphatic rings. The highest BCUT2D eigenvalue weighted by molar-refractivity contribution is 6.01. The molecular formula is C24H23N3O5. The Morgan fingerprint density at radius 1 is 1.09 bits per heavy atom. The smallest absolute Gasteiger partial charge is 0.326 e. The molecule has 2 aromatic heterocycles. The molecule has 2 heterocycles. The van der Waals surface area contributed by atoms with Crippen molar-refractivity contribution in [3.8, 4) is 0 Å². The molecule has 0 spiro atoms. The van der Waals surface area contributed by atoms with E-state index in [0.29, 0.717) is 17.6 Å². The number of ether oxygens (including phenoxy) is 1. The molecule has 0 aliphatic carbocycles. The minimum Gasteiger partial charge on any atom is -0.454 e. The predicted molar refractivity (Wildman–Crippen MR) is 119 cm³/mol. The molecule has 4 rings (SSSR count). The normalized spacial score (nSPS) is 11.2. The molecule has 0 saturated carbocycles. The van der Waals surface area contributed by atoms with Crippen molar-refractivity contribution in [2.24, 2.45) is 0 Å². The van der Waals surface area contributed by atoms with Crippen molar-refractivity contribution >= 4 is 33.9 Å². The van der Waals surface area contributed by atoms with Gasteiger partial charge in [0, 0.05) is 18.0 Å². The number of fused-ring (bicyclic) bond motifs is 3. The number of carbonyl (C=O) groups is 2. The maximum absolute atomic E-state index is 12.7. The van der Waals surface area contributed by atoms with Crippen molar-refractivity contribution in [2.45, 2.75) is 33.0 Å². The molecule has 8 heteroatoms. The molecule has 32 heavy (non-hydrogen) atoms. The fourth-order valence-corrected chi connectivity index (χ4v) is 3.48. The summed E-state index contributed by atoms with van der Waals surface area (Å²) in [5.74, 6) is -1.02. The highest BCUT2D eigenvalue weighted by Crippen LogP contribution is 2.24. The largest absolute Gasteiger partial charge is 0.454 e. The van der Waals surface area contributed by atoms with E-state index in [1.54, 1.807) is 17.0 Å². The molecule has 4 aromatic rings. The van der Waals surface area contributed by atoms with E-state index in [2.05, 4.69) is 4.98 Å².